The van der Waals surface area contributed by atoms with Crippen LogP contribution in [0.5, 0.6) is 5.75 Å². The summed E-state index contributed by atoms with van der Waals surface area (Å²) in [5, 5.41) is 16.0. The second kappa shape index (κ2) is 5.72. The average molecular weight is 354 g/mol. The van der Waals surface area contributed by atoms with E-state index in [1.807, 2.05) is 0 Å². The fourth-order valence-electron chi connectivity index (χ4n) is 3.38. The number of benzene rings is 1. The van der Waals surface area contributed by atoms with E-state index in [2.05, 4.69) is 0 Å². The van der Waals surface area contributed by atoms with Crippen molar-refractivity contribution < 1.29 is 23.1 Å². The van der Waals surface area contributed by atoms with Crippen molar-refractivity contribution in [1.29, 1.82) is 0 Å². The second-order valence-electron chi connectivity index (χ2n) is 6.88. The number of piperidine rings is 1. The van der Waals surface area contributed by atoms with Crippen LogP contribution in [0.2, 0.25) is 0 Å². The van der Waals surface area contributed by atoms with Crippen molar-refractivity contribution in [3.05, 3.63) is 23.8 Å². The van der Waals surface area contributed by atoms with E-state index in [1.54, 1.807) is 18.7 Å². The van der Waals surface area contributed by atoms with Crippen LogP contribution in [0.25, 0.3) is 0 Å². The van der Waals surface area contributed by atoms with Crippen molar-refractivity contribution in [3.8, 4) is 5.75 Å². The number of sulfonamides is 1. The van der Waals surface area contributed by atoms with Crippen LogP contribution >= 0.6 is 0 Å². The fraction of sp³-hybridized carbons (Fsp3) is 0.562. The zero-order valence-corrected chi connectivity index (χ0v) is 14.5. The molecule has 2 atom stereocenters. The van der Waals surface area contributed by atoms with Crippen molar-refractivity contribution in [3.63, 3.8) is 0 Å². The Morgan fingerprint density at radius 3 is 2.67 bits per heavy atom. The van der Waals surface area contributed by atoms with Gasteiger partial charge in [-0.2, -0.15) is 0 Å². The minimum Gasteiger partial charge on any atom is -0.485 e. The van der Waals surface area contributed by atoms with Crippen molar-refractivity contribution in [2.24, 2.45) is 5.14 Å². The third kappa shape index (κ3) is 2.89. The molecule has 1 saturated heterocycles. The topological polar surface area (TPSA) is 110 Å². The average Bonchev–Trinajstić information content (AvgIpc) is 2.48. The molecule has 1 aromatic rings. The third-order valence-electron chi connectivity index (χ3n) is 4.71. The van der Waals surface area contributed by atoms with Crippen LogP contribution in [-0.4, -0.2) is 42.6 Å². The van der Waals surface area contributed by atoms with E-state index in [0.717, 1.165) is 12.8 Å². The van der Waals surface area contributed by atoms with Gasteiger partial charge in [0.15, 0.2) is 0 Å². The molecule has 0 saturated carbocycles. The number of carbonyl (C=O) groups is 1. The van der Waals surface area contributed by atoms with E-state index in [4.69, 9.17) is 9.88 Å². The van der Waals surface area contributed by atoms with Gasteiger partial charge in [-0.1, -0.05) is 0 Å². The number of nitrogens with two attached hydrogens (primary N) is 1. The summed E-state index contributed by atoms with van der Waals surface area (Å²) in [6.07, 6.45) is 1.11. The van der Waals surface area contributed by atoms with Gasteiger partial charge in [0.2, 0.25) is 15.9 Å². The molecule has 132 valence electrons. The number of ether oxygens (including phenoxy) is 1. The van der Waals surface area contributed by atoms with Crippen molar-refractivity contribution in [2.75, 3.05) is 6.54 Å². The van der Waals surface area contributed by atoms with Gasteiger partial charge in [-0.3, -0.25) is 4.79 Å². The van der Waals surface area contributed by atoms with Crippen LogP contribution in [0.1, 0.15) is 44.7 Å². The van der Waals surface area contributed by atoms with Crippen LogP contribution < -0.4 is 9.88 Å². The summed E-state index contributed by atoms with van der Waals surface area (Å²) in [5.74, 6) is 0.413. The van der Waals surface area contributed by atoms with Gasteiger partial charge in [0.1, 0.15) is 17.5 Å². The summed E-state index contributed by atoms with van der Waals surface area (Å²) in [5.41, 5.74) is -0.429. The summed E-state index contributed by atoms with van der Waals surface area (Å²) in [6, 6.07) is 3.65. The van der Waals surface area contributed by atoms with Gasteiger partial charge in [0, 0.05) is 18.5 Å². The van der Waals surface area contributed by atoms with Crippen LogP contribution in [0, 0.1) is 0 Å². The summed E-state index contributed by atoms with van der Waals surface area (Å²) < 4.78 is 29.2. The van der Waals surface area contributed by atoms with Crippen LogP contribution in [0.4, 0.5) is 0 Å². The van der Waals surface area contributed by atoms with Crippen LogP contribution in [0.3, 0.4) is 0 Å². The molecule has 7 nitrogen and oxygen atoms in total. The quantitative estimate of drug-likeness (QED) is 0.821. The number of carbonyl (C=O) groups excluding carboxylic acids is 1. The number of aliphatic hydroxyl groups is 1. The van der Waals surface area contributed by atoms with Crippen molar-refractivity contribution in [1.82, 2.24) is 4.90 Å². The Bertz CT molecular complexity index is 775. The summed E-state index contributed by atoms with van der Waals surface area (Å²) in [6.45, 7) is 4.01. The maximum Gasteiger partial charge on any atom is 0.238 e. The molecule has 2 heterocycles. The lowest BCUT2D eigenvalue weighted by molar-refractivity contribution is -0.147. The highest BCUT2D eigenvalue weighted by Gasteiger charge is 2.47. The molecule has 1 fully saturated rings. The van der Waals surface area contributed by atoms with Crippen molar-refractivity contribution in [2.45, 2.75) is 55.8 Å². The summed E-state index contributed by atoms with van der Waals surface area (Å²) in [7, 11) is -3.89. The first-order valence-electron chi connectivity index (χ1n) is 7.94. The smallest absolute Gasteiger partial charge is 0.238 e. The highest BCUT2D eigenvalue weighted by atomic mass is 32.2. The first kappa shape index (κ1) is 17.2. The Balaban J connectivity index is 2.14. The number of likely N-dealkylation sites (tertiary alicyclic amines) is 1. The minimum atomic E-state index is -3.89. The standard InChI is InChI=1S/C16H22N2O5S/c1-16(2)15(20)14(18-8-4-3-5-13(18)19)11-9-10(24(17,21)22)6-7-12(11)23-16/h6-7,9,14-15,20H,3-5,8H2,1-2H3,(H2,17,21,22). The molecule has 2 unspecified atom stereocenters. The number of amides is 1. The molecule has 0 radical (unpaired) electrons. The predicted molar refractivity (Wildman–Crippen MR) is 86.8 cm³/mol. The highest BCUT2D eigenvalue weighted by Crippen LogP contribution is 2.44. The molecule has 0 aliphatic carbocycles. The zero-order valence-electron chi connectivity index (χ0n) is 13.7. The Morgan fingerprint density at radius 2 is 2.04 bits per heavy atom. The molecular weight excluding hydrogens is 332 g/mol. The normalized spacial score (nSPS) is 26.7. The molecule has 0 spiro atoms. The summed E-state index contributed by atoms with van der Waals surface area (Å²) >= 11 is 0. The van der Waals surface area contributed by atoms with Gasteiger partial charge in [0.25, 0.3) is 0 Å². The number of hydrogen-bond acceptors (Lipinski definition) is 5. The molecule has 1 amide bonds. The maximum atomic E-state index is 12.4. The van der Waals surface area contributed by atoms with E-state index in [0.29, 0.717) is 24.3 Å². The number of nitrogens with zero attached hydrogens (tertiary/aromatic N) is 1. The van der Waals surface area contributed by atoms with Gasteiger partial charge in [-0.25, -0.2) is 13.6 Å². The minimum absolute atomic E-state index is 0.0463. The molecule has 3 rings (SSSR count). The SMILES string of the molecule is CC1(C)Oc2ccc(S(N)(=O)=O)cc2C(N2CCCCC2=O)C1O. The lowest BCUT2D eigenvalue weighted by Gasteiger charge is -2.47. The van der Waals surface area contributed by atoms with Crippen LogP contribution in [-0.2, 0) is 14.8 Å². The van der Waals surface area contributed by atoms with E-state index in [9.17, 15) is 18.3 Å². The first-order chi connectivity index (χ1) is 11.1. The molecule has 2 aliphatic heterocycles. The highest BCUT2D eigenvalue weighted by molar-refractivity contribution is 7.89. The van der Waals surface area contributed by atoms with Gasteiger partial charge in [-0.15, -0.1) is 0 Å². The monoisotopic (exact) mass is 354 g/mol. The molecule has 8 heteroatoms. The van der Waals surface area contributed by atoms with Gasteiger partial charge >= 0.3 is 0 Å². The lowest BCUT2D eigenvalue weighted by Crippen LogP contribution is -2.55. The Labute approximate surface area is 141 Å². The number of aliphatic hydroxyl groups excluding tert-OH is 1. The first-order valence-corrected chi connectivity index (χ1v) is 9.49. The van der Waals surface area contributed by atoms with E-state index < -0.39 is 27.8 Å². The number of rotatable bonds is 2. The Kier molecular flexibility index (Phi) is 4.09. The largest absolute Gasteiger partial charge is 0.485 e. The van der Waals surface area contributed by atoms with Gasteiger partial charge in [-0.05, 0) is 44.9 Å². The molecule has 1 aromatic carbocycles. The maximum absolute atomic E-state index is 12.4. The molecule has 0 bridgehead atoms. The third-order valence-corrected chi connectivity index (χ3v) is 5.62. The molecule has 0 aromatic heterocycles. The summed E-state index contributed by atoms with van der Waals surface area (Å²) in [4.78, 5) is 13.9. The number of fused-ring (bicyclic) bond motifs is 1. The van der Waals surface area contributed by atoms with Crippen LogP contribution in [0.15, 0.2) is 23.1 Å². The zero-order chi connectivity index (χ0) is 17.7. The second-order valence-corrected chi connectivity index (χ2v) is 8.45. The molecule has 2 aliphatic rings. The molecular formula is C16H22N2O5S. The van der Waals surface area contributed by atoms with E-state index >= 15 is 0 Å². The molecule has 24 heavy (non-hydrogen) atoms. The van der Waals surface area contributed by atoms with Gasteiger partial charge < -0.3 is 14.7 Å². The number of hydrogen-bond donors (Lipinski definition) is 2. The Morgan fingerprint density at radius 1 is 1.33 bits per heavy atom. The van der Waals surface area contributed by atoms with E-state index in [1.165, 1.54) is 18.2 Å². The Hall–Kier alpha value is -1.64. The predicted octanol–water partition coefficient (Wildman–Crippen LogP) is 0.919. The lowest BCUT2D eigenvalue weighted by atomic mass is 9.84. The number of primary sulfonamides is 1. The molecule has 3 N–H and O–H groups in total. The van der Waals surface area contributed by atoms with Gasteiger partial charge in [0.05, 0.1) is 10.9 Å². The fourth-order valence-corrected chi connectivity index (χ4v) is 3.93. The van der Waals surface area contributed by atoms with E-state index in [-0.39, 0.29) is 10.8 Å². The van der Waals surface area contributed by atoms with Crippen molar-refractivity contribution >= 4 is 15.9 Å².